The van der Waals surface area contributed by atoms with Crippen molar-refractivity contribution in [1.29, 1.82) is 0 Å². The molecule has 2 aromatic heterocycles. The van der Waals surface area contributed by atoms with Crippen molar-refractivity contribution in [3.05, 3.63) is 76.0 Å². The van der Waals surface area contributed by atoms with Crippen LogP contribution in [0.15, 0.2) is 53.7 Å². The topological polar surface area (TPSA) is 79.8 Å². The van der Waals surface area contributed by atoms with E-state index in [1.54, 1.807) is 17.8 Å². The van der Waals surface area contributed by atoms with Crippen LogP contribution < -0.4 is 10.7 Å². The number of pyridine rings is 1. The Morgan fingerprint density at radius 2 is 2.12 bits per heavy atom. The van der Waals surface area contributed by atoms with Gasteiger partial charge in [0.05, 0.1) is 6.20 Å². The zero-order valence-electron chi connectivity index (χ0n) is 13.5. The summed E-state index contributed by atoms with van der Waals surface area (Å²) in [6, 6.07) is 9.27. The third-order valence-electron chi connectivity index (χ3n) is 3.72. The second-order valence-corrected chi connectivity index (χ2v) is 5.68. The number of aromatic nitrogens is 3. The Morgan fingerprint density at radius 1 is 1.29 bits per heavy atom. The van der Waals surface area contributed by atoms with E-state index in [9.17, 15) is 9.59 Å². The molecule has 0 aliphatic heterocycles. The maximum Gasteiger partial charge on any atom is 0.257 e. The lowest BCUT2D eigenvalue weighted by Gasteiger charge is -2.07. The van der Waals surface area contributed by atoms with Gasteiger partial charge < -0.3 is 10.3 Å². The van der Waals surface area contributed by atoms with Crippen LogP contribution in [-0.4, -0.2) is 20.7 Å². The highest BCUT2D eigenvalue weighted by Crippen LogP contribution is 2.19. The predicted molar refractivity (Wildman–Crippen MR) is 91.6 cm³/mol. The number of aryl methyl sites for hydroxylation is 2. The standard InChI is InChI=1S/C18H18N4O2/c1-12-6-17(23)16(10-19-12)18(24)20-8-13-4-3-5-14(7-13)15-9-21-22(2)11-15/h3-7,9-11H,8H2,1-2H3,(H,19,23)(H,20,24). The molecule has 0 aliphatic rings. The van der Waals surface area contributed by atoms with Gasteiger partial charge in [-0.05, 0) is 24.1 Å². The van der Waals surface area contributed by atoms with Crippen molar-refractivity contribution < 1.29 is 4.79 Å². The van der Waals surface area contributed by atoms with Crippen LogP contribution in [0.2, 0.25) is 0 Å². The summed E-state index contributed by atoms with van der Waals surface area (Å²) in [5.74, 6) is -0.386. The van der Waals surface area contributed by atoms with Crippen LogP contribution in [0, 0.1) is 6.92 Å². The summed E-state index contributed by atoms with van der Waals surface area (Å²) in [6.07, 6.45) is 5.17. The van der Waals surface area contributed by atoms with Gasteiger partial charge in [0, 0.05) is 43.3 Å². The molecule has 0 aliphatic carbocycles. The normalized spacial score (nSPS) is 10.6. The molecule has 24 heavy (non-hydrogen) atoms. The summed E-state index contributed by atoms with van der Waals surface area (Å²) in [4.78, 5) is 26.9. The number of hydrogen-bond donors (Lipinski definition) is 2. The molecule has 0 saturated carbocycles. The Morgan fingerprint density at radius 3 is 2.83 bits per heavy atom. The van der Waals surface area contributed by atoms with Gasteiger partial charge in [0.2, 0.25) is 0 Å². The first-order valence-corrected chi connectivity index (χ1v) is 7.58. The number of nitrogens with zero attached hydrogens (tertiary/aromatic N) is 2. The maximum absolute atomic E-state index is 12.2. The number of carbonyl (C=O) groups is 1. The average Bonchev–Trinajstić information content (AvgIpc) is 2.99. The lowest BCUT2D eigenvalue weighted by Crippen LogP contribution is -2.28. The van der Waals surface area contributed by atoms with Gasteiger partial charge in [0.1, 0.15) is 5.56 Å². The second-order valence-electron chi connectivity index (χ2n) is 5.68. The molecule has 0 bridgehead atoms. The third-order valence-corrected chi connectivity index (χ3v) is 3.72. The van der Waals surface area contributed by atoms with Crippen LogP contribution in [0.4, 0.5) is 0 Å². The van der Waals surface area contributed by atoms with Crippen LogP contribution in [0.3, 0.4) is 0 Å². The number of rotatable bonds is 4. The molecule has 6 heteroatoms. The van der Waals surface area contributed by atoms with Gasteiger partial charge in [0.15, 0.2) is 5.43 Å². The van der Waals surface area contributed by atoms with E-state index in [2.05, 4.69) is 15.4 Å². The Balaban J connectivity index is 1.73. The van der Waals surface area contributed by atoms with Crippen molar-refractivity contribution in [1.82, 2.24) is 20.1 Å². The summed E-state index contributed by atoms with van der Waals surface area (Å²) in [5, 5.41) is 6.94. The van der Waals surface area contributed by atoms with Crippen LogP contribution in [-0.2, 0) is 13.6 Å². The highest BCUT2D eigenvalue weighted by molar-refractivity contribution is 5.93. The number of hydrogen-bond acceptors (Lipinski definition) is 3. The molecule has 0 unspecified atom stereocenters. The minimum Gasteiger partial charge on any atom is -0.364 e. The van der Waals surface area contributed by atoms with Crippen molar-refractivity contribution in [2.45, 2.75) is 13.5 Å². The Kier molecular flexibility index (Phi) is 4.29. The van der Waals surface area contributed by atoms with Crippen molar-refractivity contribution in [2.24, 2.45) is 7.05 Å². The average molecular weight is 322 g/mol. The van der Waals surface area contributed by atoms with Gasteiger partial charge in [-0.3, -0.25) is 14.3 Å². The highest BCUT2D eigenvalue weighted by atomic mass is 16.2. The van der Waals surface area contributed by atoms with E-state index in [1.165, 1.54) is 12.3 Å². The van der Waals surface area contributed by atoms with Gasteiger partial charge in [-0.1, -0.05) is 18.2 Å². The van der Waals surface area contributed by atoms with Crippen molar-refractivity contribution >= 4 is 5.91 Å². The molecule has 0 fully saturated rings. The van der Waals surface area contributed by atoms with Crippen molar-refractivity contribution in [2.75, 3.05) is 0 Å². The number of aromatic amines is 1. The minimum absolute atomic E-state index is 0.115. The van der Waals surface area contributed by atoms with Crippen LogP contribution in [0.1, 0.15) is 21.6 Å². The molecular weight excluding hydrogens is 304 g/mol. The first-order valence-electron chi connectivity index (χ1n) is 7.58. The lowest BCUT2D eigenvalue weighted by molar-refractivity contribution is 0.0949. The summed E-state index contributed by atoms with van der Waals surface area (Å²) < 4.78 is 1.74. The van der Waals surface area contributed by atoms with Gasteiger partial charge in [0.25, 0.3) is 5.91 Å². The van der Waals surface area contributed by atoms with E-state index in [0.717, 1.165) is 22.4 Å². The molecule has 122 valence electrons. The molecule has 0 saturated heterocycles. The van der Waals surface area contributed by atoms with E-state index in [-0.39, 0.29) is 16.9 Å². The third kappa shape index (κ3) is 3.43. The largest absolute Gasteiger partial charge is 0.364 e. The van der Waals surface area contributed by atoms with E-state index in [1.807, 2.05) is 37.5 Å². The van der Waals surface area contributed by atoms with E-state index < -0.39 is 0 Å². The highest BCUT2D eigenvalue weighted by Gasteiger charge is 2.10. The first kappa shape index (κ1) is 15.7. The molecule has 0 spiro atoms. The summed E-state index contributed by atoms with van der Waals surface area (Å²) in [7, 11) is 1.87. The molecule has 6 nitrogen and oxygen atoms in total. The number of benzene rings is 1. The summed E-state index contributed by atoms with van der Waals surface area (Å²) in [5.41, 5.74) is 3.55. The second kappa shape index (κ2) is 6.54. The zero-order valence-corrected chi connectivity index (χ0v) is 13.5. The lowest BCUT2D eigenvalue weighted by atomic mass is 10.1. The number of H-pyrrole nitrogens is 1. The maximum atomic E-state index is 12.2. The van der Waals surface area contributed by atoms with E-state index >= 15 is 0 Å². The SMILES string of the molecule is Cc1cc(=O)c(C(=O)NCc2cccc(-c3cnn(C)c3)c2)c[nH]1. The zero-order chi connectivity index (χ0) is 17.1. The minimum atomic E-state index is -0.386. The Labute approximate surface area is 139 Å². The molecule has 0 atom stereocenters. The Bertz CT molecular complexity index is 940. The molecule has 3 rings (SSSR count). The monoisotopic (exact) mass is 322 g/mol. The molecule has 1 amide bonds. The molecular formula is C18H18N4O2. The first-order chi connectivity index (χ1) is 11.5. The van der Waals surface area contributed by atoms with Crippen molar-refractivity contribution in [3.8, 4) is 11.1 Å². The van der Waals surface area contributed by atoms with Gasteiger partial charge in [-0.25, -0.2) is 0 Å². The molecule has 3 aromatic rings. The number of nitrogens with one attached hydrogen (secondary N) is 2. The summed E-state index contributed by atoms with van der Waals surface area (Å²) >= 11 is 0. The Hall–Kier alpha value is -3.15. The molecule has 2 N–H and O–H groups in total. The fourth-order valence-electron chi connectivity index (χ4n) is 2.46. The van der Waals surface area contributed by atoms with Gasteiger partial charge in [-0.2, -0.15) is 5.10 Å². The predicted octanol–water partition coefficient (Wildman–Crippen LogP) is 2.01. The van der Waals surface area contributed by atoms with Crippen LogP contribution >= 0.6 is 0 Å². The smallest absolute Gasteiger partial charge is 0.257 e. The van der Waals surface area contributed by atoms with Crippen molar-refractivity contribution in [3.63, 3.8) is 0 Å². The number of carbonyl (C=O) groups excluding carboxylic acids is 1. The quantitative estimate of drug-likeness (QED) is 0.771. The van der Waals surface area contributed by atoms with E-state index in [4.69, 9.17) is 0 Å². The molecule has 2 heterocycles. The van der Waals surface area contributed by atoms with Gasteiger partial charge >= 0.3 is 0 Å². The molecule has 0 radical (unpaired) electrons. The van der Waals surface area contributed by atoms with Crippen LogP contribution in [0.5, 0.6) is 0 Å². The molecule has 1 aromatic carbocycles. The van der Waals surface area contributed by atoms with Gasteiger partial charge in [-0.15, -0.1) is 0 Å². The number of amides is 1. The van der Waals surface area contributed by atoms with Crippen LogP contribution in [0.25, 0.3) is 11.1 Å². The summed E-state index contributed by atoms with van der Waals surface area (Å²) in [6.45, 7) is 2.12. The fraction of sp³-hybridized carbons (Fsp3) is 0.167. The fourth-order valence-corrected chi connectivity index (χ4v) is 2.46. The van der Waals surface area contributed by atoms with E-state index in [0.29, 0.717) is 6.54 Å².